The Balaban J connectivity index is 2.61. The molecule has 0 amide bonds. The lowest BCUT2D eigenvalue weighted by molar-refractivity contribution is 0.608. The lowest BCUT2D eigenvalue weighted by atomic mass is 10.3. The van der Waals surface area contributed by atoms with Gasteiger partial charge in [0.1, 0.15) is 16.6 Å². The van der Waals surface area contributed by atoms with Crippen LogP contribution in [0, 0.1) is 6.92 Å². The number of hydrogen-bond acceptors (Lipinski definition) is 3. The molecule has 0 aromatic carbocycles. The van der Waals surface area contributed by atoms with E-state index in [0.717, 1.165) is 5.56 Å². The van der Waals surface area contributed by atoms with Gasteiger partial charge in [-0.15, -0.1) is 0 Å². The van der Waals surface area contributed by atoms with Gasteiger partial charge >= 0.3 is 0 Å². The third-order valence-corrected chi connectivity index (χ3v) is 3.43. The summed E-state index contributed by atoms with van der Waals surface area (Å²) in [5, 5.41) is 0.280. The van der Waals surface area contributed by atoms with Crippen LogP contribution in [0.25, 0.3) is 5.65 Å². The highest BCUT2D eigenvalue weighted by Gasteiger charge is 2.16. The van der Waals surface area contributed by atoms with Gasteiger partial charge in [-0.05, 0) is 18.6 Å². The van der Waals surface area contributed by atoms with Crippen LogP contribution < -0.4 is 0 Å². The molecule has 0 bridgehead atoms. The molecule has 2 aromatic rings. The molecule has 4 nitrogen and oxygen atoms in total. The van der Waals surface area contributed by atoms with E-state index in [9.17, 15) is 8.42 Å². The number of aromatic nitrogens is 2. The van der Waals surface area contributed by atoms with Crippen molar-refractivity contribution in [3.63, 3.8) is 0 Å². The van der Waals surface area contributed by atoms with Crippen LogP contribution in [-0.4, -0.2) is 17.8 Å². The summed E-state index contributed by atoms with van der Waals surface area (Å²) in [6.45, 7) is 1.91. The van der Waals surface area contributed by atoms with E-state index in [1.54, 1.807) is 16.7 Å². The maximum absolute atomic E-state index is 11.0. The SMILES string of the molecule is Cc1ccc2nc(CS(=O)(=O)Cl)c(Cl)n2c1. The lowest BCUT2D eigenvalue weighted by Crippen LogP contribution is -1.96. The molecule has 0 N–H and O–H groups in total. The first-order valence-electron chi connectivity index (χ1n) is 4.42. The molecule has 0 aliphatic carbocycles. The molecule has 7 heteroatoms. The van der Waals surface area contributed by atoms with Crippen molar-refractivity contribution in [2.24, 2.45) is 0 Å². The molecule has 0 saturated carbocycles. The number of aryl methyl sites for hydroxylation is 1. The number of halogens is 2. The van der Waals surface area contributed by atoms with Crippen LogP contribution in [0.15, 0.2) is 18.3 Å². The Morgan fingerprint density at radius 3 is 2.75 bits per heavy atom. The molecule has 2 heterocycles. The maximum atomic E-state index is 11.0. The summed E-state index contributed by atoms with van der Waals surface area (Å²) in [6.07, 6.45) is 1.79. The predicted molar refractivity (Wildman–Crippen MR) is 63.4 cm³/mol. The van der Waals surface area contributed by atoms with Crippen molar-refractivity contribution in [3.05, 3.63) is 34.7 Å². The molecule has 0 saturated heterocycles. The van der Waals surface area contributed by atoms with Gasteiger partial charge in [0, 0.05) is 16.9 Å². The first kappa shape index (κ1) is 11.7. The van der Waals surface area contributed by atoms with Crippen molar-refractivity contribution in [1.29, 1.82) is 0 Å². The number of nitrogens with zero attached hydrogens (tertiary/aromatic N) is 2. The van der Waals surface area contributed by atoms with E-state index in [0.29, 0.717) is 5.65 Å². The van der Waals surface area contributed by atoms with Crippen molar-refractivity contribution in [3.8, 4) is 0 Å². The Morgan fingerprint density at radius 2 is 2.12 bits per heavy atom. The highest BCUT2D eigenvalue weighted by molar-refractivity contribution is 8.13. The average molecular weight is 279 g/mol. The van der Waals surface area contributed by atoms with Gasteiger partial charge in [-0.2, -0.15) is 0 Å². The first-order chi connectivity index (χ1) is 7.37. The van der Waals surface area contributed by atoms with Crippen LogP contribution in [0.1, 0.15) is 11.3 Å². The van der Waals surface area contributed by atoms with E-state index < -0.39 is 9.05 Å². The molecule has 2 rings (SSSR count). The van der Waals surface area contributed by atoms with Crippen molar-refractivity contribution < 1.29 is 8.42 Å². The van der Waals surface area contributed by atoms with Gasteiger partial charge in [0.15, 0.2) is 0 Å². The molecular weight excluding hydrogens is 271 g/mol. The molecular formula is C9H8Cl2N2O2S. The topological polar surface area (TPSA) is 51.4 Å². The second-order valence-electron chi connectivity index (χ2n) is 3.47. The van der Waals surface area contributed by atoms with Crippen molar-refractivity contribution >= 4 is 37.0 Å². The molecule has 0 aliphatic heterocycles. The van der Waals surface area contributed by atoms with Crippen LogP contribution >= 0.6 is 22.3 Å². The van der Waals surface area contributed by atoms with E-state index in [2.05, 4.69) is 4.98 Å². The summed E-state index contributed by atoms with van der Waals surface area (Å²) in [6, 6.07) is 3.64. The highest BCUT2D eigenvalue weighted by atomic mass is 35.7. The Morgan fingerprint density at radius 1 is 1.44 bits per heavy atom. The van der Waals surface area contributed by atoms with Crippen LogP contribution in [0.3, 0.4) is 0 Å². The van der Waals surface area contributed by atoms with E-state index >= 15 is 0 Å². The fourth-order valence-corrected chi connectivity index (χ4v) is 2.59. The fourth-order valence-electron chi connectivity index (χ4n) is 1.43. The summed E-state index contributed by atoms with van der Waals surface area (Å²) in [4.78, 5) is 4.11. The number of hydrogen-bond donors (Lipinski definition) is 0. The number of fused-ring (bicyclic) bond motifs is 1. The summed E-state index contributed by atoms with van der Waals surface area (Å²) >= 11 is 6.01. The molecule has 0 fully saturated rings. The Labute approximate surface area is 102 Å². The van der Waals surface area contributed by atoms with Crippen LogP contribution in [0.5, 0.6) is 0 Å². The Hall–Kier alpha value is -0.780. The van der Waals surface area contributed by atoms with Gasteiger partial charge in [0.05, 0.1) is 5.69 Å². The summed E-state index contributed by atoms with van der Waals surface area (Å²) in [5.41, 5.74) is 1.88. The fraction of sp³-hybridized carbons (Fsp3) is 0.222. The van der Waals surface area contributed by atoms with Gasteiger partial charge in [0.2, 0.25) is 9.05 Å². The van der Waals surface area contributed by atoms with Gasteiger partial charge in [-0.3, -0.25) is 4.40 Å². The minimum absolute atomic E-state index is 0.266. The standard InChI is InChI=1S/C9H8Cl2N2O2S/c1-6-2-3-8-12-7(5-16(11,14)15)9(10)13(8)4-6/h2-4H,5H2,1H3. The molecule has 0 atom stereocenters. The quantitative estimate of drug-likeness (QED) is 0.793. The molecule has 86 valence electrons. The molecule has 0 aliphatic rings. The second-order valence-corrected chi connectivity index (χ2v) is 6.60. The number of pyridine rings is 1. The molecule has 2 aromatic heterocycles. The van der Waals surface area contributed by atoms with Crippen LogP contribution in [0.2, 0.25) is 5.15 Å². The van der Waals surface area contributed by atoms with E-state index in [1.165, 1.54) is 0 Å². The average Bonchev–Trinajstić information content (AvgIpc) is 2.42. The Bertz CT molecular complexity index is 649. The largest absolute Gasteiger partial charge is 0.290 e. The third-order valence-electron chi connectivity index (χ3n) is 2.08. The minimum atomic E-state index is -3.65. The van der Waals surface area contributed by atoms with Gasteiger partial charge in [-0.1, -0.05) is 17.7 Å². The second kappa shape index (κ2) is 3.91. The molecule has 16 heavy (non-hydrogen) atoms. The summed E-state index contributed by atoms with van der Waals surface area (Å²) in [7, 11) is 1.52. The summed E-state index contributed by atoms with van der Waals surface area (Å²) in [5.74, 6) is -0.367. The van der Waals surface area contributed by atoms with Gasteiger partial charge in [0.25, 0.3) is 0 Å². The summed E-state index contributed by atoms with van der Waals surface area (Å²) < 4.78 is 23.5. The zero-order valence-electron chi connectivity index (χ0n) is 8.31. The Kier molecular flexibility index (Phi) is 2.86. The molecule has 0 unspecified atom stereocenters. The highest BCUT2D eigenvalue weighted by Crippen LogP contribution is 2.21. The van der Waals surface area contributed by atoms with Gasteiger partial charge < -0.3 is 0 Å². The monoisotopic (exact) mass is 278 g/mol. The van der Waals surface area contributed by atoms with Crippen LogP contribution in [0.4, 0.5) is 0 Å². The maximum Gasteiger partial charge on any atom is 0.238 e. The van der Waals surface area contributed by atoms with Gasteiger partial charge in [-0.25, -0.2) is 13.4 Å². The normalized spacial score (nSPS) is 12.2. The van der Waals surface area contributed by atoms with Crippen molar-refractivity contribution in [2.45, 2.75) is 12.7 Å². The third kappa shape index (κ3) is 2.31. The predicted octanol–water partition coefficient (Wildman–Crippen LogP) is 2.36. The lowest BCUT2D eigenvalue weighted by Gasteiger charge is -1.96. The van der Waals surface area contributed by atoms with E-state index in [4.69, 9.17) is 22.3 Å². The van der Waals surface area contributed by atoms with E-state index in [-0.39, 0.29) is 16.6 Å². The number of rotatable bonds is 2. The smallest absolute Gasteiger partial charge is 0.238 e. The molecule has 0 spiro atoms. The molecule has 0 radical (unpaired) electrons. The number of imidazole rings is 1. The van der Waals surface area contributed by atoms with E-state index in [1.807, 2.05) is 13.0 Å². The minimum Gasteiger partial charge on any atom is -0.290 e. The zero-order chi connectivity index (χ0) is 11.9. The first-order valence-corrected chi connectivity index (χ1v) is 7.28. The van der Waals surface area contributed by atoms with Crippen molar-refractivity contribution in [1.82, 2.24) is 9.38 Å². The van der Waals surface area contributed by atoms with Crippen LogP contribution in [-0.2, 0) is 14.8 Å². The zero-order valence-corrected chi connectivity index (χ0v) is 10.6. The van der Waals surface area contributed by atoms with Crippen molar-refractivity contribution in [2.75, 3.05) is 0 Å².